The summed E-state index contributed by atoms with van der Waals surface area (Å²) >= 11 is 0. The number of rotatable bonds is 4. The topological polar surface area (TPSA) is 43.3 Å². The summed E-state index contributed by atoms with van der Waals surface area (Å²) in [5.41, 5.74) is 1.84. The molecule has 0 atom stereocenters. The van der Waals surface area contributed by atoms with Gasteiger partial charge in [-0.25, -0.2) is 0 Å². The van der Waals surface area contributed by atoms with Gasteiger partial charge in [-0.1, -0.05) is 0 Å². The number of aryl methyl sites for hydroxylation is 2. The number of amides is 1. The second-order valence-electron chi connectivity index (χ2n) is 5.67. The molecule has 1 aromatic heterocycles. The Balaban J connectivity index is 1.82. The SMILES string of the molecule is Cc1cc(C(=O)NCC[N+]2(C)CCOCC2)n(C)c1. The monoisotopic (exact) mass is 266 g/mol. The van der Waals surface area contributed by atoms with Crippen LogP contribution in [0.1, 0.15) is 16.1 Å². The highest BCUT2D eigenvalue weighted by Crippen LogP contribution is 2.07. The molecule has 1 aromatic rings. The van der Waals surface area contributed by atoms with Crippen molar-refractivity contribution in [2.75, 3.05) is 46.4 Å². The molecule has 0 aliphatic carbocycles. The molecule has 1 fully saturated rings. The quantitative estimate of drug-likeness (QED) is 0.808. The fourth-order valence-corrected chi connectivity index (χ4v) is 2.49. The number of aromatic nitrogens is 1. The van der Waals surface area contributed by atoms with Crippen LogP contribution in [0, 0.1) is 6.92 Å². The van der Waals surface area contributed by atoms with E-state index in [2.05, 4.69) is 12.4 Å². The third-order valence-corrected chi connectivity index (χ3v) is 3.86. The number of carbonyl (C=O) groups excluding carboxylic acids is 1. The summed E-state index contributed by atoms with van der Waals surface area (Å²) in [5.74, 6) is 0.00968. The lowest BCUT2D eigenvalue weighted by atomic mass is 10.3. The van der Waals surface area contributed by atoms with Gasteiger partial charge in [-0.3, -0.25) is 4.79 Å². The Hall–Kier alpha value is -1.33. The largest absolute Gasteiger partial charge is 0.370 e. The predicted molar refractivity (Wildman–Crippen MR) is 74.1 cm³/mol. The van der Waals surface area contributed by atoms with Gasteiger partial charge < -0.3 is 19.1 Å². The van der Waals surface area contributed by atoms with Gasteiger partial charge in [-0.15, -0.1) is 0 Å². The molecule has 1 amide bonds. The first kappa shape index (κ1) is 14.1. The zero-order chi connectivity index (χ0) is 13.9. The van der Waals surface area contributed by atoms with Crippen LogP contribution in [0.2, 0.25) is 0 Å². The van der Waals surface area contributed by atoms with Gasteiger partial charge in [0.25, 0.3) is 5.91 Å². The van der Waals surface area contributed by atoms with Crippen LogP contribution in [-0.4, -0.2) is 61.4 Å². The molecule has 2 rings (SSSR count). The Labute approximate surface area is 114 Å². The molecule has 0 radical (unpaired) electrons. The Morgan fingerprint density at radius 1 is 1.47 bits per heavy atom. The summed E-state index contributed by atoms with van der Waals surface area (Å²) in [4.78, 5) is 12.1. The van der Waals surface area contributed by atoms with Gasteiger partial charge in [0.15, 0.2) is 0 Å². The van der Waals surface area contributed by atoms with E-state index in [1.54, 1.807) is 0 Å². The van der Waals surface area contributed by atoms with Crippen LogP contribution in [0.4, 0.5) is 0 Å². The van der Waals surface area contributed by atoms with Crippen LogP contribution < -0.4 is 5.32 Å². The van der Waals surface area contributed by atoms with Gasteiger partial charge in [0, 0.05) is 13.2 Å². The van der Waals surface area contributed by atoms with Crippen LogP contribution in [0.5, 0.6) is 0 Å². The fraction of sp³-hybridized carbons (Fsp3) is 0.643. The molecule has 1 saturated heterocycles. The molecule has 1 aliphatic heterocycles. The summed E-state index contributed by atoms with van der Waals surface area (Å²) in [6.45, 7) is 7.36. The third-order valence-electron chi connectivity index (χ3n) is 3.86. The summed E-state index contributed by atoms with van der Waals surface area (Å²) in [7, 11) is 4.12. The van der Waals surface area contributed by atoms with Gasteiger partial charge in [-0.2, -0.15) is 0 Å². The minimum atomic E-state index is 0.00968. The molecule has 0 spiro atoms. The molecule has 106 valence electrons. The summed E-state index contributed by atoms with van der Waals surface area (Å²) in [5, 5.41) is 3.01. The van der Waals surface area contributed by atoms with E-state index in [1.807, 2.05) is 30.8 Å². The van der Waals surface area contributed by atoms with Crippen LogP contribution in [-0.2, 0) is 11.8 Å². The van der Waals surface area contributed by atoms with E-state index in [0.717, 1.165) is 48.6 Å². The summed E-state index contributed by atoms with van der Waals surface area (Å²) < 4.78 is 8.22. The highest BCUT2D eigenvalue weighted by atomic mass is 16.5. The lowest BCUT2D eigenvalue weighted by molar-refractivity contribution is -0.915. The number of hydrogen-bond acceptors (Lipinski definition) is 2. The molecule has 2 heterocycles. The van der Waals surface area contributed by atoms with Gasteiger partial charge in [0.2, 0.25) is 0 Å². The molecule has 5 nitrogen and oxygen atoms in total. The van der Waals surface area contributed by atoms with Crippen molar-refractivity contribution in [1.29, 1.82) is 0 Å². The molecule has 1 N–H and O–H groups in total. The number of likely N-dealkylation sites (N-methyl/N-ethyl adjacent to an activating group) is 1. The smallest absolute Gasteiger partial charge is 0.268 e. The zero-order valence-corrected chi connectivity index (χ0v) is 12.1. The second kappa shape index (κ2) is 5.75. The summed E-state index contributed by atoms with van der Waals surface area (Å²) in [6.07, 6.45) is 1.96. The number of quaternary nitrogens is 1. The van der Waals surface area contributed by atoms with Crippen molar-refractivity contribution in [1.82, 2.24) is 9.88 Å². The van der Waals surface area contributed by atoms with Crippen molar-refractivity contribution in [2.24, 2.45) is 7.05 Å². The molecule has 0 aromatic carbocycles. The normalized spacial score (nSPS) is 18.3. The predicted octanol–water partition coefficient (Wildman–Crippen LogP) is 0.540. The van der Waals surface area contributed by atoms with Gasteiger partial charge >= 0.3 is 0 Å². The second-order valence-corrected chi connectivity index (χ2v) is 5.67. The van der Waals surface area contributed by atoms with E-state index in [9.17, 15) is 4.79 Å². The highest BCUT2D eigenvalue weighted by Gasteiger charge is 2.24. The molecular formula is C14H24N3O2+. The van der Waals surface area contributed by atoms with Crippen molar-refractivity contribution in [3.8, 4) is 0 Å². The average molecular weight is 266 g/mol. The third kappa shape index (κ3) is 3.58. The van der Waals surface area contributed by atoms with E-state index in [1.165, 1.54) is 0 Å². The number of morpholine rings is 1. The van der Waals surface area contributed by atoms with E-state index in [0.29, 0.717) is 6.54 Å². The Bertz CT molecular complexity index is 448. The summed E-state index contributed by atoms with van der Waals surface area (Å²) in [6, 6.07) is 1.92. The maximum Gasteiger partial charge on any atom is 0.268 e. The van der Waals surface area contributed by atoms with Crippen molar-refractivity contribution in [3.05, 3.63) is 23.5 Å². The van der Waals surface area contributed by atoms with Crippen LogP contribution >= 0.6 is 0 Å². The van der Waals surface area contributed by atoms with E-state index in [-0.39, 0.29) is 5.91 Å². The van der Waals surface area contributed by atoms with Crippen molar-refractivity contribution in [3.63, 3.8) is 0 Å². The standard InChI is InChI=1S/C14H23N3O2/c1-12-10-13(16(2)11-12)14(18)15-4-5-17(3)6-8-19-9-7-17/h10-11H,4-9H2,1-3H3/p+1. The van der Waals surface area contributed by atoms with Gasteiger partial charge in [-0.05, 0) is 18.6 Å². The molecule has 0 bridgehead atoms. The van der Waals surface area contributed by atoms with Gasteiger partial charge in [0.1, 0.15) is 18.8 Å². The molecule has 0 unspecified atom stereocenters. The minimum Gasteiger partial charge on any atom is -0.370 e. The molecule has 5 heteroatoms. The fourth-order valence-electron chi connectivity index (χ4n) is 2.49. The Kier molecular flexibility index (Phi) is 4.27. The number of hydrogen-bond donors (Lipinski definition) is 1. The average Bonchev–Trinajstić information content (AvgIpc) is 2.69. The van der Waals surface area contributed by atoms with Crippen molar-refractivity contribution >= 4 is 5.91 Å². The zero-order valence-electron chi connectivity index (χ0n) is 12.1. The molecule has 19 heavy (non-hydrogen) atoms. The molecular weight excluding hydrogens is 242 g/mol. The number of nitrogens with one attached hydrogen (secondary N) is 1. The van der Waals surface area contributed by atoms with E-state index < -0.39 is 0 Å². The maximum absolute atomic E-state index is 12.1. The first-order valence-corrected chi connectivity index (χ1v) is 6.83. The number of ether oxygens (including phenoxy) is 1. The molecule has 0 saturated carbocycles. The van der Waals surface area contributed by atoms with Crippen LogP contribution in [0.3, 0.4) is 0 Å². The first-order chi connectivity index (χ1) is 9.00. The lowest BCUT2D eigenvalue weighted by Gasteiger charge is -2.37. The molecule has 1 aliphatic rings. The van der Waals surface area contributed by atoms with E-state index >= 15 is 0 Å². The number of nitrogens with zero attached hydrogens (tertiary/aromatic N) is 2. The first-order valence-electron chi connectivity index (χ1n) is 6.83. The van der Waals surface area contributed by atoms with Gasteiger partial charge in [0.05, 0.1) is 33.4 Å². The van der Waals surface area contributed by atoms with E-state index in [4.69, 9.17) is 4.74 Å². The lowest BCUT2D eigenvalue weighted by Crippen LogP contribution is -2.54. The number of carbonyl (C=O) groups is 1. The minimum absolute atomic E-state index is 0.00968. The maximum atomic E-state index is 12.1. The Morgan fingerprint density at radius 2 is 2.16 bits per heavy atom. The van der Waals surface area contributed by atoms with Crippen LogP contribution in [0.25, 0.3) is 0 Å². The van der Waals surface area contributed by atoms with Crippen molar-refractivity contribution < 1.29 is 14.0 Å². The van der Waals surface area contributed by atoms with Crippen LogP contribution in [0.15, 0.2) is 12.3 Å². The highest BCUT2D eigenvalue weighted by molar-refractivity contribution is 5.92. The Morgan fingerprint density at radius 3 is 2.74 bits per heavy atom. The van der Waals surface area contributed by atoms with Crippen molar-refractivity contribution in [2.45, 2.75) is 6.92 Å².